The van der Waals surface area contributed by atoms with Crippen molar-refractivity contribution in [3.63, 3.8) is 0 Å². The predicted molar refractivity (Wildman–Crippen MR) is 132 cm³/mol. The van der Waals surface area contributed by atoms with E-state index < -0.39 is 0 Å². The summed E-state index contributed by atoms with van der Waals surface area (Å²) in [5, 5.41) is 1.42. The Morgan fingerprint density at radius 2 is 1.82 bits per heavy atom. The molecule has 2 aromatic heterocycles. The zero-order valence-electron chi connectivity index (χ0n) is 17.1. The third-order valence-electron chi connectivity index (χ3n) is 5.71. The van der Waals surface area contributed by atoms with E-state index in [2.05, 4.69) is 15.9 Å². The van der Waals surface area contributed by atoms with Crippen molar-refractivity contribution in [2.24, 2.45) is 0 Å². The first-order valence-corrected chi connectivity index (χ1v) is 11.5. The Balaban J connectivity index is 1.60. The molecule has 0 aliphatic carbocycles. The molecule has 5 aromatic rings. The Morgan fingerprint density at radius 3 is 2.67 bits per heavy atom. The van der Waals surface area contributed by atoms with Crippen LogP contribution >= 0.6 is 27.5 Å². The van der Waals surface area contributed by atoms with Crippen molar-refractivity contribution >= 4 is 44.3 Å². The first-order valence-electron chi connectivity index (χ1n) is 10.3. The molecule has 0 unspecified atom stereocenters. The SMILES string of the molecule is O=C(c1ccccc1)c1oc2ccc(Br)cc2c1-c1ccc2c(n1)-c1cc(Cl)ccc1OC2. The number of nitrogens with zero attached hydrogens (tertiary/aromatic N) is 1. The van der Waals surface area contributed by atoms with Gasteiger partial charge in [0.2, 0.25) is 5.78 Å². The quantitative estimate of drug-likeness (QED) is 0.231. The van der Waals surface area contributed by atoms with Crippen LogP contribution in [0.4, 0.5) is 0 Å². The number of halogens is 2. The van der Waals surface area contributed by atoms with Crippen molar-refractivity contribution in [1.29, 1.82) is 0 Å². The summed E-state index contributed by atoms with van der Waals surface area (Å²) in [5.41, 5.74) is 5.07. The van der Waals surface area contributed by atoms with Crippen LogP contribution in [-0.4, -0.2) is 10.8 Å². The van der Waals surface area contributed by atoms with Gasteiger partial charge in [-0.3, -0.25) is 4.79 Å². The van der Waals surface area contributed by atoms with Crippen LogP contribution in [0.3, 0.4) is 0 Å². The number of benzene rings is 3. The van der Waals surface area contributed by atoms with Gasteiger partial charge in [0.05, 0.1) is 17.0 Å². The first kappa shape index (κ1) is 20.2. The lowest BCUT2D eigenvalue weighted by molar-refractivity contribution is 0.101. The molecule has 6 heteroatoms. The van der Waals surface area contributed by atoms with Gasteiger partial charge in [-0.2, -0.15) is 0 Å². The third-order valence-corrected chi connectivity index (χ3v) is 6.44. The molecule has 0 fully saturated rings. The molecule has 1 aliphatic heterocycles. The van der Waals surface area contributed by atoms with Crippen LogP contribution in [0.15, 0.2) is 87.8 Å². The Hall–Kier alpha value is -3.41. The molecular weight excluding hydrogens is 502 g/mol. The summed E-state index contributed by atoms with van der Waals surface area (Å²) in [4.78, 5) is 18.4. The van der Waals surface area contributed by atoms with E-state index in [4.69, 9.17) is 25.7 Å². The summed E-state index contributed by atoms with van der Waals surface area (Å²) in [7, 11) is 0. The van der Waals surface area contributed by atoms with E-state index in [0.29, 0.717) is 34.0 Å². The van der Waals surface area contributed by atoms with E-state index >= 15 is 0 Å². The smallest absolute Gasteiger partial charge is 0.228 e. The molecule has 0 amide bonds. The molecule has 0 atom stereocenters. The predicted octanol–water partition coefficient (Wildman–Crippen LogP) is 7.70. The number of hydrogen-bond acceptors (Lipinski definition) is 4. The normalized spacial score (nSPS) is 12.2. The molecular formula is C27H15BrClNO3. The Bertz CT molecular complexity index is 1560. The second-order valence-corrected chi connectivity index (χ2v) is 9.13. The monoisotopic (exact) mass is 515 g/mol. The minimum absolute atomic E-state index is 0.191. The molecule has 0 saturated carbocycles. The Morgan fingerprint density at radius 1 is 0.970 bits per heavy atom. The second kappa shape index (κ2) is 7.87. The van der Waals surface area contributed by atoms with Crippen LogP contribution in [0.2, 0.25) is 5.02 Å². The first-order chi connectivity index (χ1) is 16.1. The summed E-state index contributed by atoms with van der Waals surface area (Å²) in [6, 6.07) is 24.2. The summed E-state index contributed by atoms with van der Waals surface area (Å²) in [6.07, 6.45) is 0. The fraction of sp³-hybridized carbons (Fsp3) is 0.0370. The number of aromatic nitrogens is 1. The molecule has 3 heterocycles. The summed E-state index contributed by atoms with van der Waals surface area (Å²) in [6.45, 7) is 0.421. The van der Waals surface area contributed by atoms with Crippen molar-refractivity contribution < 1.29 is 13.9 Å². The standard InChI is InChI=1S/C27H15BrClNO3/c28-17-7-10-23-19(12-17)24(27(33-23)26(31)15-4-2-1-3-5-15)21-9-6-16-14-32-22-11-8-18(29)13-20(22)25(16)30-21/h1-13H,14H2. The third kappa shape index (κ3) is 3.45. The van der Waals surface area contributed by atoms with Crippen LogP contribution in [0, 0.1) is 0 Å². The van der Waals surface area contributed by atoms with E-state index in [1.165, 1.54) is 0 Å². The summed E-state index contributed by atoms with van der Waals surface area (Å²) < 4.78 is 12.9. The number of fused-ring (bicyclic) bond motifs is 4. The minimum Gasteiger partial charge on any atom is -0.488 e. The second-order valence-electron chi connectivity index (χ2n) is 7.78. The summed E-state index contributed by atoms with van der Waals surface area (Å²) in [5.74, 6) is 0.807. The van der Waals surface area contributed by atoms with E-state index in [9.17, 15) is 4.79 Å². The molecule has 6 rings (SSSR count). The lowest BCUT2D eigenvalue weighted by Gasteiger charge is -2.20. The molecule has 33 heavy (non-hydrogen) atoms. The van der Waals surface area contributed by atoms with Gasteiger partial charge >= 0.3 is 0 Å². The van der Waals surface area contributed by atoms with Crippen molar-refractivity contribution in [2.45, 2.75) is 6.61 Å². The van der Waals surface area contributed by atoms with Crippen LogP contribution < -0.4 is 4.74 Å². The highest BCUT2D eigenvalue weighted by Gasteiger charge is 2.26. The zero-order chi connectivity index (χ0) is 22.5. The van der Waals surface area contributed by atoms with Gasteiger partial charge in [-0.05, 0) is 42.5 Å². The summed E-state index contributed by atoms with van der Waals surface area (Å²) >= 11 is 9.81. The maximum absolute atomic E-state index is 13.5. The van der Waals surface area contributed by atoms with Gasteiger partial charge in [0.1, 0.15) is 17.9 Å². The molecule has 0 N–H and O–H groups in total. The maximum atomic E-state index is 13.5. The van der Waals surface area contributed by atoms with Gasteiger partial charge in [0, 0.05) is 31.6 Å². The highest BCUT2D eigenvalue weighted by atomic mass is 79.9. The van der Waals surface area contributed by atoms with Gasteiger partial charge in [-0.25, -0.2) is 4.98 Å². The molecule has 0 saturated heterocycles. The van der Waals surface area contributed by atoms with E-state index in [1.807, 2.05) is 60.7 Å². The van der Waals surface area contributed by atoms with Crippen LogP contribution in [0.1, 0.15) is 21.7 Å². The number of ketones is 1. The topological polar surface area (TPSA) is 52.3 Å². The van der Waals surface area contributed by atoms with Gasteiger partial charge in [-0.15, -0.1) is 0 Å². The number of carbonyl (C=O) groups is 1. The van der Waals surface area contributed by atoms with Crippen LogP contribution in [-0.2, 0) is 6.61 Å². The number of rotatable bonds is 3. The number of ether oxygens (including phenoxy) is 1. The van der Waals surface area contributed by atoms with Crippen molar-refractivity contribution in [3.8, 4) is 28.3 Å². The highest BCUT2D eigenvalue weighted by Crippen LogP contribution is 2.41. The average Bonchev–Trinajstić information content (AvgIpc) is 3.22. The van der Waals surface area contributed by atoms with E-state index in [1.54, 1.807) is 18.2 Å². The highest BCUT2D eigenvalue weighted by molar-refractivity contribution is 9.10. The molecule has 1 aliphatic rings. The van der Waals surface area contributed by atoms with Gasteiger partial charge in [0.15, 0.2) is 5.76 Å². The van der Waals surface area contributed by atoms with Crippen molar-refractivity contribution in [2.75, 3.05) is 0 Å². The van der Waals surface area contributed by atoms with Crippen LogP contribution in [0.25, 0.3) is 33.5 Å². The lowest BCUT2D eigenvalue weighted by Crippen LogP contribution is -2.08. The van der Waals surface area contributed by atoms with Crippen LogP contribution in [0.5, 0.6) is 5.75 Å². The Kier molecular flexibility index (Phi) is 4.82. The number of pyridine rings is 1. The lowest BCUT2D eigenvalue weighted by atomic mass is 9.98. The maximum Gasteiger partial charge on any atom is 0.228 e. The molecule has 0 spiro atoms. The van der Waals surface area contributed by atoms with Gasteiger partial charge < -0.3 is 9.15 Å². The fourth-order valence-corrected chi connectivity index (χ4v) is 4.68. The zero-order valence-corrected chi connectivity index (χ0v) is 19.5. The average molecular weight is 517 g/mol. The molecule has 4 nitrogen and oxygen atoms in total. The van der Waals surface area contributed by atoms with Gasteiger partial charge in [-0.1, -0.05) is 63.9 Å². The van der Waals surface area contributed by atoms with E-state index in [-0.39, 0.29) is 11.5 Å². The molecule has 3 aromatic carbocycles. The number of hydrogen-bond donors (Lipinski definition) is 0. The van der Waals surface area contributed by atoms with Crippen molar-refractivity contribution in [3.05, 3.63) is 105 Å². The molecule has 0 radical (unpaired) electrons. The minimum atomic E-state index is -0.191. The fourth-order valence-electron chi connectivity index (χ4n) is 4.15. The largest absolute Gasteiger partial charge is 0.488 e. The Labute approximate surface area is 202 Å². The molecule has 160 valence electrons. The molecule has 0 bridgehead atoms. The number of furan rings is 1. The number of carbonyl (C=O) groups excluding carboxylic acids is 1. The van der Waals surface area contributed by atoms with E-state index in [0.717, 1.165) is 32.4 Å². The van der Waals surface area contributed by atoms with Crippen molar-refractivity contribution in [1.82, 2.24) is 4.98 Å². The van der Waals surface area contributed by atoms with Gasteiger partial charge in [0.25, 0.3) is 0 Å².